The molecule has 1 atom stereocenters. The lowest BCUT2D eigenvalue weighted by Crippen LogP contribution is -1.98. The summed E-state index contributed by atoms with van der Waals surface area (Å²) in [4.78, 5) is 10.8. The van der Waals surface area contributed by atoms with Crippen molar-refractivity contribution in [2.75, 3.05) is 0 Å². The van der Waals surface area contributed by atoms with Gasteiger partial charge in [0, 0.05) is 5.92 Å². The summed E-state index contributed by atoms with van der Waals surface area (Å²) >= 11 is 11.6. The van der Waals surface area contributed by atoms with Crippen LogP contribution in [0.2, 0.25) is 10.0 Å². The number of hydrogen-bond donors (Lipinski definition) is 0. The van der Waals surface area contributed by atoms with Gasteiger partial charge in [-0.1, -0.05) is 35.3 Å². The van der Waals surface area contributed by atoms with Crippen LogP contribution in [0.1, 0.15) is 17.9 Å². The van der Waals surface area contributed by atoms with Gasteiger partial charge in [-0.3, -0.25) is 0 Å². The minimum absolute atomic E-state index is 0.178. The van der Waals surface area contributed by atoms with E-state index in [1.54, 1.807) is 24.3 Å². The maximum absolute atomic E-state index is 10.8. The topological polar surface area (TPSA) is 17.1 Å². The van der Waals surface area contributed by atoms with Gasteiger partial charge in [-0.25, -0.2) is 0 Å². The van der Waals surface area contributed by atoms with Crippen molar-refractivity contribution in [3.05, 3.63) is 46.5 Å². The largest absolute Gasteiger partial charge is 0.303 e. The second-order valence-electron chi connectivity index (χ2n) is 2.94. The van der Waals surface area contributed by atoms with E-state index in [1.807, 2.05) is 0 Å². The van der Waals surface area contributed by atoms with Crippen molar-refractivity contribution in [1.29, 1.82) is 0 Å². The van der Waals surface area contributed by atoms with Crippen LogP contribution in [-0.2, 0) is 4.79 Å². The number of rotatable bonds is 4. The fourth-order valence-electron chi connectivity index (χ4n) is 1.19. The zero-order valence-electron chi connectivity index (χ0n) is 7.54. The molecule has 0 saturated carbocycles. The lowest BCUT2D eigenvalue weighted by Gasteiger charge is -2.08. The molecular formula is C11H10Cl2O. The van der Waals surface area contributed by atoms with Gasteiger partial charge in [-0.15, -0.1) is 6.58 Å². The van der Waals surface area contributed by atoms with E-state index < -0.39 is 0 Å². The van der Waals surface area contributed by atoms with Crippen molar-refractivity contribution in [2.45, 2.75) is 12.3 Å². The summed E-state index contributed by atoms with van der Waals surface area (Å²) in [6.45, 7) is 3.60. The van der Waals surface area contributed by atoms with E-state index in [0.717, 1.165) is 11.8 Å². The number of hydrogen-bond acceptors (Lipinski definition) is 1. The number of benzene rings is 1. The van der Waals surface area contributed by atoms with Crippen molar-refractivity contribution in [1.82, 2.24) is 0 Å². The lowest BCUT2D eigenvalue weighted by atomic mass is 9.97. The standard InChI is InChI=1S/C11H10Cl2O/c1-2-3-9(7-14)8-4-5-10(12)11(13)6-8/h2,4-7,9H,1,3H2/t9-/m1/s1. The normalized spacial score (nSPS) is 12.1. The van der Waals surface area contributed by atoms with Crippen LogP contribution in [0.4, 0.5) is 0 Å². The Morgan fingerprint density at radius 3 is 2.57 bits per heavy atom. The Bertz CT molecular complexity index is 347. The number of allylic oxidation sites excluding steroid dienone is 1. The molecule has 0 aromatic heterocycles. The molecule has 0 fully saturated rings. The Kier molecular flexibility index (Phi) is 4.18. The van der Waals surface area contributed by atoms with E-state index in [4.69, 9.17) is 23.2 Å². The van der Waals surface area contributed by atoms with Gasteiger partial charge < -0.3 is 4.79 Å². The summed E-state index contributed by atoms with van der Waals surface area (Å²) in [5.74, 6) is -0.178. The monoisotopic (exact) mass is 228 g/mol. The molecule has 0 bridgehead atoms. The molecule has 0 radical (unpaired) electrons. The summed E-state index contributed by atoms with van der Waals surface area (Å²) in [5.41, 5.74) is 0.870. The minimum Gasteiger partial charge on any atom is -0.303 e. The van der Waals surface area contributed by atoms with Gasteiger partial charge in [0.1, 0.15) is 6.29 Å². The first-order valence-corrected chi connectivity index (χ1v) is 4.95. The molecule has 1 rings (SSSR count). The molecular weight excluding hydrogens is 219 g/mol. The Labute approximate surface area is 93.3 Å². The Morgan fingerprint density at radius 2 is 2.07 bits per heavy atom. The first kappa shape index (κ1) is 11.3. The molecule has 1 nitrogen and oxygen atoms in total. The maximum Gasteiger partial charge on any atom is 0.127 e. The average molecular weight is 229 g/mol. The van der Waals surface area contributed by atoms with E-state index >= 15 is 0 Å². The molecule has 0 aliphatic heterocycles. The molecule has 0 saturated heterocycles. The smallest absolute Gasteiger partial charge is 0.127 e. The summed E-state index contributed by atoms with van der Waals surface area (Å²) in [7, 11) is 0. The van der Waals surface area contributed by atoms with Crippen LogP contribution in [0.3, 0.4) is 0 Å². The number of aldehydes is 1. The number of carbonyl (C=O) groups excluding carboxylic acids is 1. The number of halogens is 2. The number of carbonyl (C=O) groups is 1. The van der Waals surface area contributed by atoms with Crippen LogP contribution >= 0.6 is 23.2 Å². The van der Waals surface area contributed by atoms with Crippen LogP contribution in [-0.4, -0.2) is 6.29 Å². The van der Waals surface area contributed by atoms with Gasteiger partial charge in [0.25, 0.3) is 0 Å². The molecule has 3 heteroatoms. The predicted molar refractivity (Wildman–Crippen MR) is 60.1 cm³/mol. The average Bonchev–Trinajstić information content (AvgIpc) is 2.19. The quantitative estimate of drug-likeness (QED) is 0.566. The second kappa shape index (κ2) is 5.18. The molecule has 1 aromatic rings. The first-order valence-electron chi connectivity index (χ1n) is 4.20. The predicted octanol–water partition coefficient (Wildman–Crippen LogP) is 3.85. The van der Waals surface area contributed by atoms with Crippen molar-refractivity contribution in [3.8, 4) is 0 Å². The van der Waals surface area contributed by atoms with E-state index in [2.05, 4.69) is 6.58 Å². The molecule has 74 valence electrons. The molecule has 0 unspecified atom stereocenters. The molecule has 0 spiro atoms. The molecule has 0 amide bonds. The third-order valence-corrected chi connectivity index (χ3v) is 2.70. The fourth-order valence-corrected chi connectivity index (χ4v) is 1.50. The van der Waals surface area contributed by atoms with Gasteiger partial charge in [0.05, 0.1) is 10.0 Å². The Hall–Kier alpha value is -0.790. The lowest BCUT2D eigenvalue weighted by molar-refractivity contribution is -0.109. The molecule has 1 aromatic carbocycles. The zero-order chi connectivity index (χ0) is 10.6. The van der Waals surface area contributed by atoms with Crippen molar-refractivity contribution >= 4 is 29.5 Å². The molecule has 0 aliphatic carbocycles. The van der Waals surface area contributed by atoms with E-state index in [-0.39, 0.29) is 5.92 Å². The van der Waals surface area contributed by atoms with Crippen LogP contribution in [0.5, 0.6) is 0 Å². The fraction of sp³-hybridized carbons (Fsp3) is 0.182. The first-order chi connectivity index (χ1) is 6.69. The van der Waals surface area contributed by atoms with Gasteiger partial charge in [-0.05, 0) is 24.1 Å². The van der Waals surface area contributed by atoms with Crippen LogP contribution in [0.15, 0.2) is 30.9 Å². The highest BCUT2D eigenvalue weighted by Gasteiger charge is 2.09. The highest BCUT2D eigenvalue weighted by Crippen LogP contribution is 2.27. The van der Waals surface area contributed by atoms with Crippen molar-refractivity contribution in [3.63, 3.8) is 0 Å². The van der Waals surface area contributed by atoms with Crippen molar-refractivity contribution < 1.29 is 4.79 Å². The Balaban J connectivity index is 2.98. The zero-order valence-corrected chi connectivity index (χ0v) is 9.05. The summed E-state index contributed by atoms with van der Waals surface area (Å²) in [6.07, 6.45) is 3.21. The van der Waals surface area contributed by atoms with Crippen LogP contribution in [0, 0.1) is 0 Å². The third-order valence-electron chi connectivity index (χ3n) is 1.96. The second-order valence-corrected chi connectivity index (χ2v) is 3.75. The van der Waals surface area contributed by atoms with E-state index in [9.17, 15) is 4.79 Å². The van der Waals surface area contributed by atoms with Crippen LogP contribution in [0.25, 0.3) is 0 Å². The minimum atomic E-state index is -0.178. The third kappa shape index (κ3) is 2.60. The summed E-state index contributed by atoms with van der Waals surface area (Å²) in [6, 6.07) is 5.21. The summed E-state index contributed by atoms with van der Waals surface area (Å²) in [5, 5.41) is 0.971. The van der Waals surface area contributed by atoms with Gasteiger partial charge in [0.2, 0.25) is 0 Å². The van der Waals surface area contributed by atoms with E-state index in [1.165, 1.54) is 0 Å². The highest BCUT2D eigenvalue weighted by molar-refractivity contribution is 6.42. The Morgan fingerprint density at radius 1 is 1.36 bits per heavy atom. The molecule has 0 aliphatic rings. The van der Waals surface area contributed by atoms with Gasteiger partial charge >= 0.3 is 0 Å². The SMILES string of the molecule is C=CC[C@H](C=O)c1ccc(Cl)c(Cl)c1. The van der Waals surface area contributed by atoms with Crippen molar-refractivity contribution in [2.24, 2.45) is 0 Å². The van der Waals surface area contributed by atoms with Crippen LogP contribution < -0.4 is 0 Å². The van der Waals surface area contributed by atoms with E-state index in [0.29, 0.717) is 16.5 Å². The van der Waals surface area contributed by atoms with Gasteiger partial charge in [-0.2, -0.15) is 0 Å². The highest BCUT2D eigenvalue weighted by atomic mass is 35.5. The molecule has 0 N–H and O–H groups in total. The molecule has 14 heavy (non-hydrogen) atoms. The maximum atomic E-state index is 10.8. The molecule has 0 heterocycles. The summed E-state index contributed by atoms with van der Waals surface area (Å²) < 4.78 is 0. The van der Waals surface area contributed by atoms with Gasteiger partial charge in [0.15, 0.2) is 0 Å².